The quantitative estimate of drug-likeness (QED) is 0.859. The molecule has 1 aromatic heterocycles. The number of ether oxygens (including phenoxy) is 1. The first kappa shape index (κ1) is 12.4. The van der Waals surface area contributed by atoms with Crippen LogP contribution in [0, 0.1) is 0 Å². The highest BCUT2D eigenvalue weighted by Gasteiger charge is 2.17. The van der Waals surface area contributed by atoms with E-state index in [1.54, 1.807) is 24.4 Å². The van der Waals surface area contributed by atoms with Gasteiger partial charge in [-0.2, -0.15) is 0 Å². The van der Waals surface area contributed by atoms with E-state index in [0.29, 0.717) is 23.3 Å². The molecule has 1 aliphatic heterocycles. The van der Waals surface area contributed by atoms with Gasteiger partial charge in [0, 0.05) is 11.8 Å². The minimum atomic E-state index is -0.969. The Labute approximate surface area is 109 Å². The summed E-state index contributed by atoms with van der Waals surface area (Å²) in [6.45, 7) is 0.458. The van der Waals surface area contributed by atoms with Crippen LogP contribution in [0.15, 0.2) is 30.5 Å². The zero-order chi connectivity index (χ0) is 11.8. The van der Waals surface area contributed by atoms with Gasteiger partial charge in [-0.05, 0) is 18.2 Å². The van der Waals surface area contributed by atoms with Gasteiger partial charge in [0.25, 0.3) is 0 Å². The molecule has 5 heteroatoms. The molecule has 3 rings (SSSR count). The van der Waals surface area contributed by atoms with Gasteiger partial charge in [0.15, 0.2) is 0 Å². The molecule has 2 heterocycles. The molecule has 0 aliphatic carbocycles. The van der Waals surface area contributed by atoms with E-state index in [2.05, 4.69) is 4.98 Å². The van der Waals surface area contributed by atoms with Crippen LogP contribution in [0.2, 0.25) is 0 Å². The summed E-state index contributed by atoms with van der Waals surface area (Å²) in [7, 11) is 0. The molecular formula is C13H10ClNO3. The smallest absolute Gasteiger partial charge is 0.336 e. The number of carboxylic acid groups (broad SMARTS) is 1. The highest BCUT2D eigenvalue weighted by Crippen LogP contribution is 2.33. The Morgan fingerprint density at radius 2 is 2.22 bits per heavy atom. The van der Waals surface area contributed by atoms with Crippen molar-refractivity contribution in [2.24, 2.45) is 0 Å². The van der Waals surface area contributed by atoms with Gasteiger partial charge in [0.2, 0.25) is 0 Å². The molecule has 18 heavy (non-hydrogen) atoms. The molecule has 0 radical (unpaired) electrons. The second-order valence-corrected chi connectivity index (χ2v) is 3.76. The fourth-order valence-electron chi connectivity index (χ4n) is 1.99. The lowest BCUT2D eigenvalue weighted by Gasteiger charge is -2.15. The largest absolute Gasteiger partial charge is 0.488 e. The van der Waals surface area contributed by atoms with E-state index >= 15 is 0 Å². The number of benzene rings is 1. The van der Waals surface area contributed by atoms with Crippen LogP contribution in [0.5, 0.6) is 5.75 Å². The van der Waals surface area contributed by atoms with Crippen molar-refractivity contribution < 1.29 is 14.6 Å². The van der Waals surface area contributed by atoms with Crippen LogP contribution < -0.4 is 4.74 Å². The van der Waals surface area contributed by atoms with Crippen LogP contribution in [-0.4, -0.2) is 22.7 Å². The van der Waals surface area contributed by atoms with Gasteiger partial charge in [0.1, 0.15) is 12.4 Å². The van der Waals surface area contributed by atoms with E-state index in [1.807, 2.05) is 12.2 Å². The second kappa shape index (κ2) is 4.66. The third kappa shape index (κ3) is 1.80. The van der Waals surface area contributed by atoms with Crippen molar-refractivity contribution in [1.29, 1.82) is 0 Å². The molecule has 0 saturated carbocycles. The Bertz CT molecular complexity index is 652. The summed E-state index contributed by atoms with van der Waals surface area (Å²) < 4.78 is 5.54. The number of nitrogens with zero attached hydrogens (tertiary/aromatic N) is 1. The maximum atomic E-state index is 11.2. The normalized spacial score (nSPS) is 12.4. The zero-order valence-corrected chi connectivity index (χ0v) is 10.1. The van der Waals surface area contributed by atoms with E-state index in [4.69, 9.17) is 4.74 Å². The van der Waals surface area contributed by atoms with Crippen molar-refractivity contribution in [2.75, 3.05) is 6.61 Å². The lowest BCUT2D eigenvalue weighted by molar-refractivity contribution is 0.0698. The molecule has 0 spiro atoms. The average molecular weight is 264 g/mol. The van der Waals surface area contributed by atoms with E-state index in [0.717, 1.165) is 5.56 Å². The Morgan fingerprint density at radius 3 is 3.00 bits per heavy atom. The third-order valence-corrected chi connectivity index (χ3v) is 2.73. The molecule has 0 saturated heterocycles. The molecule has 1 aliphatic rings. The number of pyridine rings is 1. The number of rotatable bonds is 1. The molecule has 1 aromatic carbocycles. The van der Waals surface area contributed by atoms with Crippen LogP contribution in [0.3, 0.4) is 0 Å². The predicted molar refractivity (Wildman–Crippen MR) is 70.5 cm³/mol. The standard InChI is InChI=1S/C13H9NO3.ClH/c15-13(16)9-4-1-5-10-11(9)12-8(7-14-10)3-2-6-17-12;/h1-5,7H,6H2,(H,15,16);1H. The Balaban J connectivity index is 0.00000120. The van der Waals surface area contributed by atoms with E-state index in [1.165, 1.54) is 0 Å². The second-order valence-electron chi connectivity index (χ2n) is 3.76. The highest BCUT2D eigenvalue weighted by atomic mass is 35.5. The molecule has 0 bridgehead atoms. The lowest BCUT2D eigenvalue weighted by atomic mass is 10.0. The van der Waals surface area contributed by atoms with Gasteiger partial charge in [0.05, 0.1) is 16.5 Å². The van der Waals surface area contributed by atoms with Gasteiger partial charge in [-0.15, -0.1) is 12.4 Å². The highest BCUT2D eigenvalue weighted by molar-refractivity contribution is 6.06. The van der Waals surface area contributed by atoms with Crippen molar-refractivity contribution >= 4 is 35.4 Å². The predicted octanol–water partition coefficient (Wildman–Crippen LogP) is 2.76. The van der Waals surface area contributed by atoms with Crippen LogP contribution in [0.25, 0.3) is 17.0 Å². The van der Waals surface area contributed by atoms with Gasteiger partial charge >= 0.3 is 5.97 Å². The van der Waals surface area contributed by atoms with Crippen molar-refractivity contribution in [1.82, 2.24) is 4.98 Å². The fourth-order valence-corrected chi connectivity index (χ4v) is 1.99. The molecule has 4 nitrogen and oxygen atoms in total. The van der Waals surface area contributed by atoms with Gasteiger partial charge in [-0.1, -0.05) is 12.1 Å². The van der Waals surface area contributed by atoms with Gasteiger partial charge < -0.3 is 9.84 Å². The average Bonchev–Trinajstić information content (AvgIpc) is 2.37. The maximum absolute atomic E-state index is 11.2. The number of aromatic nitrogens is 1. The third-order valence-electron chi connectivity index (χ3n) is 2.73. The maximum Gasteiger partial charge on any atom is 0.336 e. The van der Waals surface area contributed by atoms with Crippen molar-refractivity contribution in [3.8, 4) is 5.75 Å². The Kier molecular flexibility index (Phi) is 3.21. The lowest BCUT2D eigenvalue weighted by Crippen LogP contribution is -2.05. The SMILES string of the molecule is Cl.O=C(O)c1cccc2ncc3c(c12)OCC=C3. The van der Waals surface area contributed by atoms with Crippen molar-refractivity contribution in [2.45, 2.75) is 0 Å². The van der Waals surface area contributed by atoms with Gasteiger partial charge in [-0.25, -0.2) is 4.79 Å². The van der Waals surface area contributed by atoms with Crippen LogP contribution in [-0.2, 0) is 0 Å². The molecule has 1 N–H and O–H groups in total. The molecule has 0 fully saturated rings. The molecule has 0 amide bonds. The fraction of sp³-hybridized carbons (Fsp3) is 0.0769. The van der Waals surface area contributed by atoms with Crippen LogP contribution >= 0.6 is 12.4 Å². The van der Waals surface area contributed by atoms with E-state index < -0.39 is 5.97 Å². The number of fused-ring (bicyclic) bond motifs is 3. The number of hydrogen-bond donors (Lipinski definition) is 1. The minimum absolute atomic E-state index is 0. The monoisotopic (exact) mass is 263 g/mol. The molecule has 2 aromatic rings. The minimum Gasteiger partial charge on any atom is -0.488 e. The number of aromatic carboxylic acids is 1. The zero-order valence-electron chi connectivity index (χ0n) is 9.29. The summed E-state index contributed by atoms with van der Waals surface area (Å²) in [4.78, 5) is 15.4. The van der Waals surface area contributed by atoms with Crippen LogP contribution in [0.4, 0.5) is 0 Å². The summed E-state index contributed by atoms with van der Waals surface area (Å²) >= 11 is 0. The molecule has 92 valence electrons. The topological polar surface area (TPSA) is 59.4 Å². The summed E-state index contributed by atoms with van der Waals surface area (Å²) in [6, 6.07) is 5.03. The first-order chi connectivity index (χ1) is 8.27. The number of halogens is 1. The van der Waals surface area contributed by atoms with Crippen molar-refractivity contribution in [3.05, 3.63) is 41.6 Å². The summed E-state index contributed by atoms with van der Waals surface area (Å²) in [6.07, 6.45) is 5.46. The molecular weight excluding hydrogens is 254 g/mol. The molecule has 0 unspecified atom stereocenters. The number of hydrogen-bond acceptors (Lipinski definition) is 3. The number of carbonyl (C=O) groups is 1. The summed E-state index contributed by atoms with van der Waals surface area (Å²) in [5.74, 6) is -0.362. The van der Waals surface area contributed by atoms with E-state index in [9.17, 15) is 9.90 Å². The number of carboxylic acids is 1. The first-order valence-electron chi connectivity index (χ1n) is 5.22. The van der Waals surface area contributed by atoms with E-state index in [-0.39, 0.29) is 18.0 Å². The van der Waals surface area contributed by atoms with Crippen LogP contribution in [0.1, 0.15) is 15.9 Å². The first-order valence-corrected chi connectivity index (χ1v) is 5.22. The Hall–Kier alpha value is -2.07. The van der Waals surface area contributed by atoms with Crippen molar-refractivity contribution in [3.63, 3.8) is 0 Å². The molecule has 0 atom stereocenters. The summed E-state index contributed by atoms with van der Waals surface area (Å²) in [5.41, 5.74) is 1.68. The Morgan fingerprint density at radius 1 is 1.39 bits per heavy atom. The summed E-state index contributed by atoms with van der Waals surface area (Å²) in [5, 5.41) is 9.75. The van der Waals surface area contributed by atoms with Gasteiger partial charge in [-0.3, -0.25) is 4.98 Å².